The van der Waals surface area contributed by atoms with Gasteiger partial charge >= 0.3 is 0 Å². The van der Waals surface area contributed by atoms with E-state index >= 15 is 0 Å². The molecule has 2 atom stereocenters. The van der Waals surface area contributed by atoms with E-state index in [4.69, 9.17) is 0 Å². The highest BCUT2D eigenvalue weighted by molar-refractivity contribution is 7.88. The summed E-state index contributed by atoms with van der Waals surface area (Å²) < 4.78 is 24.8. The zero-order valence-corrected chi connectivity index (χ0v) is 18.5. The Labute approximate surface area is 175 Å². The van der Waals surface area contributed by atoms with Gasteiger partial charge in [0.1, 0.15) is 0 Å². The van der Waals surface area contributed by atoms with Crippen molar-refractivity contribution in [2.45, 2.75) is 38.3 Å². The van der Waals surface area contributed by atoms with Gasteiger partial charge in [0, 0.05) is 45.8 Å². The van der Waals surface area contributed by atoms with Crippen LogP contribution in [-0.2, 0) is 16.6 Å². The molecule has 0 saturated carbocycles. The summed E-state index contributed by atoms with van der Waals surface area (Å²) in [6.07, 6.45) is 5.62. The van der Waals surface area contributed by atoms with E-state index in [-0.39, 0.29) is 0 Å². The molecule has 7 nitrogen and oxygen atoms in total. The van der Waals surface area contributed by atoms with Crippen LogP contribution in [0.3, 0.4) is 0 Å². The Morgan fingerprint density at radius 1 is 1.17 bits per heavy atom. The van der Waals surface area contributed by atoms with Crippen molar-refractivity contribution in [3.63, 3.8) is 0 Å². The lowest BCUT2D eigenvalue weighted by molar-refractivity contribution is 0.0372. The van der Waals surface area contributed by atoms with Crippen LogP contribution in [0.1, 0.15) is 31.2 Å². The van der Waals surface area contributed by atoms with Crippen LogP contribution in [-0.4, -0.2) is 76.2 Å². The average molecular weight is 422 g/mol. The monoisotopic (exact) mass is 421 g/mol. The molecule has 2 fully saturated rings. The van der Waals surface area contributed by atoms with Gasteiger partial charge in [0.2, 0.25) is 10.0 Å². The highest BCUT2D eigenvalue weighted by Gasteiger charge is 2.36. The number of likely N-dealkylation sites (tertiary alicyclic amines) is 2. The molecule has 2 unspecified atom stereocenters. The van der Waals surface area contributed by atoms with Crippen LogP contribution in [0.5, 0.6) is 0 Å². The molecular formula is C21H35N5O2S. The second-order valence-electron chi connectivity index (χ2n) is 8.15. The van der Waals surface area contributed by atoms with Gasteiger partial charge in [-0.3, -0.25) is 9.89 Å². The van der Waals surface area contributed by atoms with Gasteiger partial charge in [-0.05, 0) is 43.7 Å². The lowest BCUT2D eigenvalue weighted by atomic mass is 9.83. The van der Waals surface area contributed by atoms with Crippen molar-refractivity contribution in [3.8, 4) is 0 Å². The molecule has 3 rings (SSSR count). The molecule has 2 aliphatic heterocycles. The van der Waals surface area contributed by atoms with Gasteiger partial charge in [0.25, 0.3) is 0 Å². The van der Waals surface area contributed by atoms with E-state index in [0.29, 0.717) is 25.0 Å². The maximum Gasteiger partial charge on any atom is 0.208 e. The predicted molar refractivity (Wildman–Crippen MR) is 118 cm³/mol. The number of nitrogens with one attached hydrogen (secondary N) is 2. The van der Waals surface area contributed by atoms with Crippen molar-refractivity contribution in [1.82, 2.24) is 19.8 Å². The van der Waals surface area contributed by atoms with Crippen LogP contribution in [0.25, 0.3) is 0 Å². The SMILES string of the molecule is CN=C(NCCCNS(C)(=O)=O)N1CCC2C(CCCN2Cc2ccccc2)C1. The fraction of sp³-hybridized carbons (Fsp3) is 0.667. The molecule has 0 aromatic heterocycles. The summed E-state index contributed by atoms with van der Waals surface area (Å²) in [4.78, 5) is 9.51. The Balaban J connectivity index is 1.49. The van der Waals surface area contributed by atoms with Crippen molar-refractivity contribution >= 4 is 16.0 Å². The molecule has 2 saturated heterocycles. The fourth-order valence-electron chi connectivity index (χ4n) is 4.59. The van der Waals surface area contributed by atoms with Crippen molar-refractivity contribution in [1.29, 1.82) is 0 Å². The number of rotatable bonds is 7. The number of nitrogens with zero attached hydrogens (tertiary/aromatic N) is 3. The van der Waals surface area contributed by atoms with Gasteiger partial charge in [-0.2, -0.15) is 0 Å². The minimum absolute atomic E-state index is 0.446. The molecule has 2 heterocycles. The van der Waals surface area contributed by atoms with E-state index < -0.39 is 10.0 Å². The summed E-state index contributed by atoms with van der Waals surface area (Å²) in [7, 11) is -1.29. The molecule has 8 heteroatoms. The molecule has 0 spiro atoms. The highest BCUT2D eigenvalue weighted by Crippen LogP contribution is 2.31. The summed E-state index contributed by atoms with van der Waals surface area (Å²) in [6.45, 7) is 5.44. The standard InChI is InChI=1S/C21H35N5O2S/c1-22-21(23-12-7-13-24-29(2,27)28)26-15-11-20-19(17-26)10-6-14-25(20)16-18-8-4-3-5-9-18/h3-5,8-9,19-20,24H,6-7,10-17H2,1-2H3,(H,22,23). The second kappa shape index (κ2) is 10.4. The third-order valence-electron chi connectivity index (χ3n) is 5.92. The van der Waals surface area contributed by atoms with Crippen LogP contribution in [0.15, 0.2) is 35.3 Å². The maximum atomic E-state index is 11.1. The molecule has 0 radical (unpaired) electrons. The molecule has 2 aliphatic rings. The van der Waals surface area contributed by atoms with E-state index in [9.17, 15) is 8.42 Å². The Bertz CT molecular complexity index is 769. The molecule has 2 N–H and O–H groups in total. The van der Waals surface area contributed by atoms with Gasteiger partial charge in [-0.1, -0.05) is 30.3 Å². The number of fused-ring (bicyclic) bond motifs is 1. The lowest BCUT2D eigenvalue weighted by Gasteiger charge is -2.48. The number of hydrogen-bond acceptors (Lipinski definition) is 4. The zero-order valence-electron chi connectivity index (χ0n) is 17.7. The van der Waals surface area contributed by atoms with E-state index in [2.05, 4.69) is 55.2 Å². The average Bonchev–Trinajstić information content (AvgIpc) is 2.70. The normalized spacial score (nSPS) is 23.7. The van der Waals surface area contributed by atoms with E-state index in [1.807, 2.05) is 7.05 Å². The Morgan fingerprint density at radius 3 is 2.69 bits per heavy atom. The number of guanidine groups is 1. The summed E-state index contributed by atoms with van der Waals surface area (Å²) in [5, 5.41) is 3.40. The van der Waals surface area contributed by atoms with Crippen LogP contribution < -0.4 is 10.0 Å². The molecule has 1 aromatic carbocycles. The first-order valence-corrected chi connectivity index (χ1v) is 12.5. The molecule has 0 bridgehead atoms. The molecule has 162 valence electrons. The van der Waals surface area contributed by atoms with Crippen molar-refractivity contribution in [2.75, 3.05) is 46.0 Å². The van der Waals surface area contributed by atoms with Crippen LogP contribution in [0.4, 0.5) is 0 Å². The minimum Gasteiger partial charge on any atom is -0.356 e. The lowest BCUT2D eigenvalue weighted by Crippen LogP contribution is -2.56. The van der Waals surface area contributed by atoms with Gasteiger partial charge < -0.3 is 10.2 Å². The molecule has 29 heavy (non-hydrogen) atoms. The first kappa shape index (κ1) is 22.1. The molecule has 0 amide bonds. The van der Waals surface area contributed by atoms with Gasteiger partial charge in [0.15, 0.2) is 5.96 Å². The number of hydrogen-bond donors (Lipinski definition) is 2. The van der Waals surface area contributed by atoms with Crippen molar-refractivity contribution in [2.24, 2.45) is 10.9 Å². The van der Waals surface area contributed by atoms with Crippen LogP contribution >= 0.6 is 0 Å². The molecule has 0 aliphatic carbocycles. The van der Waals surface area contributed by atoms with E-state index in [1.54, 1.807) is 0 Å². The Kier molecular flexibility index (Phi) is 7.91. The third-order valence-corrected chi connectivity index (χ3v) is 6.65. The fourth-order valence-corrected chi connectivity index (χ4v) is 5.11. The number of benzene rings is 1. The van der Waals surface area contributed by atoms with Crippen molar-refractivity contribution < 1.29 is 8.42 Å². The largest absolute Gasteiger partial charge is 0.356 e. The second-order valence-corrected chi connectivity index (χ2v) is 9.99. The quantitative estimate of drug-likeness (QED) is 0.396. The number of aliphatic imine (C=N–C) groups is 1. The summed E-state index contributed by atoms with van der Waals surface area (Å²) >= 11 is 0. The third kappa shape index (κ3) is 6.69. The van der Waals surface area contributed by atoms with Crippen LogP contribution in [0, 0.1) is 5.92 Å². The summed E-state index contributed by atoms with van der Waals surface area (Å²) in [5.41, 5.74) is 1.40. The molecule has 1 aromatic rings. The Hall–Kier alpha value is -1.64. The van der Waals surface area contributed by atoms with Gasteiger partial charge in [-0.25, -0.2) is 13.1 Å². The smallest absolute Gasteiger partial charge is 0.208 e. The van der Waals surface area contributed by atoms with E-state index in [1.165, 1.54) is 31.2 Å². The van der Waals surface area contributed by atoms with Gasteiger partial charge in [-0.15, -0.1) is 0 Å². The van der Waals surface area contributed by atoms with E-state index in [0.717, 1.165) is 38.4 Å². The number of piperidine rings is 2. The summed E-state index contributed by atoms with van der Waals surface area (Å²) in [5.74, 6) is 1.61. The summed E-state index contributed by atoms with van der Waals surface area (Å²) in [6, 6.07) is 11.4. The molecular weight excluding hydrogens is 386 g/mol. The zero-order chi connectivity index (χ0) is 20.7. The Morgan fingerprint density at radius 2 is 1.97 bits per heavy atom. The first-order valence-electron chi connectivity index (χ1n) is 10.6. The topological polar surface area (TPSA) is 77.0 Å². The predicted octanol–water partition coefficient (Wildman–Crippen LogP) is 1.49. The minimum atomic E-state index is -3.12. The highest BCUT2D eigenvalue weighted by atomic mass is 32.2. The number of sulfonamides is 1. The van der Waals surface area contributed by atoms with Gasteiger partial charge in [0.05, 0.1) is 6.26 Å². The van der Waals surface area contributed by atoms with Crippen molar-refractivity contribution in [3.05, 3.63) is 35.9 Å². The maximum absolute atomic E-state index is 11.1. The first-order chi connectivity index (χ1) is 14.0. The van der Waals surface area contributed by atoms with Crippen LogP contribution in [0.2, 0.25) is 0 Å².